The summed E-state index contributed by atoms with van der Waals surface area (Å²) in [5.74, 6) is -3.04. The van der Waals surface area contributed by atoms with Crippen LogP contribution in [0.4, 0.5) is 10.5 Å². The first-order chi connectivity index (χ1) is 16.8. The molecule has 4 rings (SSSR count). The number of benzene rings is 2. The molecule has 0 aromatic heterocycles. The maximum Gasteiger partial charge on any atom is 0.326 e. The maximum absolute atomic E-state index is 13.6. The van der Waals surface area contributed by atoms with Crippen molar-refractivity contribution in [3.63, 3.8) is 0 Å². The Balaban J connectivity index is 1.60. The molecule has 2 saturated heterocycles. The van der Waals surface area contributed by atoms with E-state index in [1.165, 1.54) is 16.9 Å². The maximum atomic E-state index is 13.6. The number of hydrogen-bond donors (Lipinski definition) is 2. The number of hydrogen-bond acceptors (Lipinski definition) is 6. The number of likely N-dealkylation sites (tertiary alicyclic amines) is 1. The summed E-state index contributed by atoms with van der Waals surface area (Å²) in [5.41, 5.74) is 0.109. The molecule has 2 aromatic carbocycles. The lowest BCUT2D eigenvalue weighted by Crippen LogP contribution is -2.58. The molecule has 0 bridgehead atoms. The lowest BCUT2D eigenvalue weighted by Gasteiger charge is -2.32. The summed E-state index contributed by atoms with van der Waals surface area (Å²) in [4.78, 5) is 55.6. The first-order valence-corrected chi connectivity index (χ1v) is 11.6. The van der Waals surface area contributed by atoms with E-state index in [9.17, 15) is 19.2 Å². The number of nitrogens with one attached hydrogen (secondary N) is 2. The summed E-state index contributed by atoms with van der Waals surface area (Å²) in [6.45, 7) is 2.03. The molecular weight excluding hydrogens is 448 g/mol. The number of carbonyl (C=O) groups is 4. The highest BCUT2D eigenvalue weighted by Gasteiger charge is 2.67. The van der Waals surface area contributed by atoms with E-state index in [0.29, 0.717) is 5.69 Å². The zero-order valence-corrected chi connectivity index (χ0v) is 20.1. The van der Waals surface area contributed by atoms with Gasteiger partial charge >= 0.3 is 12.0 Å². The Morgan fingerprint density at radius 2 is 1.69 bits per heavy atom. The van der Waals surface area contributed by atoms with Gasteiger partial charge in [-0.2, -0.15) is 0 Å². The smallest absolute Gasteiger partial charge is 0.326 e. The van der Waals surface area contributed by atoms with Crippen LogP contribution in [0.2, 0.25) is 0 Å². The predicted molar refractivity (Wildman–Crippen MR) is 129 cm³/mol. The van der Waals surface area contributed by atoms with Gasteiger partial charge in [0.15, 0.2) is 0 Å². The molecule has 0 aliphatic carbocycles. The van der Waals surface area contributed by atoms with Crippen molar-refractivity contribution in [3.8, 4) is 0 Å². The Labute approximate surface area is 204 Å². The summed E-state index contributed by atoms with van der Waals surface area (Å²) < 4.78 is 5.08. The van der Waals surface area contributed by atoms with E-state index >= 15 is 0 Å². The summed E-state index contributed by atoms with van der Waals surface area (Å²) in [7, 11) is 2.88. The van der Waals surface area contributed by atoms with Gasteiger partial charge < -0.3 is 15.0 Å². The van der Waals surface area contributed by atoms with Crippen LogP contribution in [0.5, 0.6) is 0 Å². The van der Waals surface area contributed by atoms with Crippen molar-refractivity contribution in [2.24, 2.45) is 11.8 Å². The van der Waals surface area contributed by atoms with Crippen LogP contribution < -0.4 is 10.6 Å². The van der Waals surface area contributed by atoms with E-state index in [1.807, 2.05) is 48.5 Å². The van der Waals surface area contributed by atoms with E-state index < -0.39 is 35.3 Å². The molecule has 0 radical (unpaired) electrons. The van der Waals surface area contributed by atoms with E-state index in [-0.39, 0.29) is 31.4 Å². The van der Waals surface area contributed by atoms with Crippen molar-refractivity contribution in [2.45, 2.75) is 31.5 Å². The van der Waals surface area contributed by atoms with Crippen LogP contribution in [0.3, 0.4) is 0 Å². The van der Waals surface area contributed by atoms with Crippen LogP contribution in [0.25, 0.3) is 0 Å². The lowest BCUT2D eigenvalue weighted by molar-refractivity contribution is -0.154. The van der Waals surface area contributed by atoms with E-state index in [4.69, 9.17) is 4.74 Å². The number of rotatable bonds is 7. The highest BCUT2D eigenvalue weighted by molar-refractivity contribution is 6.09. The number of esters is 1. The van der Waals surface area contributed by atoms with E-state index in [0.717, 1.165) is 5.56 Å². The zero-order valence-electron chi connectivity index (χ0n) is 20.1. The van der Waals surface area contributed by atoms with Crippen LogP contribution in [0.15, 0.2) is 60.7 Å². The Morgan fingerprint density at radius 1 is 1.06 bits per heavy atom. The molecule has 2 heterocycles. The molecule has 2 fully saturated rings. The second kappa shape index (κ2) is 9.87. The average molecular weight is 479 g/mol. The Morgan fingerprint density at radius 3 is 2.29 bits per heavy atom. The minimum absolute atomic E-state index is 0.122. The Kier molecular flexibility index (Phi) is 6.88. The van der Waals surface area contributed by atoms with Crippen LogP contribution in [-0.2, 0) is 25.7 Å². The number of anilines is 1. The van der Waals surface area contributed by atoms with Gasteiger partial charge in [-0.3, -0.25) is 24.6 Å². The molecule has 0 unspecified atom stereocenters. The predicted octanol–water partition coefficient (Wildman–Crippen LogP) is 2.25. The fourth-order valence-electron chi connectivity index (χ4n) is 5.22. The fourth-order valence-corrected chi connectivity index (χ4v) is 5.22. The van der Waals surface area contributed by atoms with Gasteiger partial charge in [-0.05, 0) is 24.1 Å². The van der Waals surface area contributed by atoms with Crippen LogP contribution >= 0.6 is 0 Å². The van der Waals surface area contributed by atoms with Gasteiger partial charge in [-0.25, -0.2) is 4.79 Å². The molecule has 9 heteroatoms. The van der Waals surface area contributed by atoms with E-state index in [1.54, 1.807) is 26.1 Å². The number of urea groups is 1. The minimum atomic E-state index is -1.35. The molecular formula is C26H30N4O5. The molecule has 2 aliphatic rings. The molecule has 0 spiro atoms. The van der Waals surface area contributed by atoms with Crippen molar-refractivity contribution < 1.29 is 23.9 Å². The van der Waals surface area contributed by atoms with Crippen molar-refractivity contribution in [2.75, 3.05) is 26.0 Å². The minimum Gasteiger partial charge on any atom is -0.468 e. The number of methoxy groups -OCH3 is 1. The van der Waals surface area contributed by atoms with Gasteiger partial charge in [0.05, 0.1) is 25.5 Å². The van der Waals surface area contributed by atoms with Crippen molar-refractivity contribution in [3.05, 3.63) is 66.2 Å². The summed E-state index contributed by atoms with van der Waals surface area (Å²) in [5, 5.41) is 6.05. The van der Waals surface area contributed by atoms with Gasteiger partial charge in [0.25, 0.3) is 0 Å². The molecule has 2 N–H and O–H groups in total. The molecule has 4 amide bonds. The standard InChI is InChI=1S/C26H30N4O5/c1-4-26(24(33)35-3)21-20(22(31)30(23(21)32)15-17-11-7-5-8-12-17)19(28-26)16-29(2)25(34)27-18-13-9-6-10-14-18/h5-14,19-21,28H,4,15-16H2,1-3H3,(H,27,34)/t19-,20+,21-,26-/m1/s1. The highest BCUT2D eigenvalue weighted by atomic mass is 16.5. The van der Waals surface area contributed by atoms with Crippen LogP contribution in [0, 0.1) is 11.8 Å². The third-order valence-corrected chi connectivity index (χ3v) is 6.98. The lowest BCUT2D eigenvalue weighted by atomic mass is 9.78. The summed E-state index contributed by atoms with van der Waals surface area (Å²) >= 11 is 0. The third-order valence-electron chi connectivity index (χ3n) is 6.98. The monoisotopic (exact) mass is 478 g/mol. The van der Waals surface area contributed by atoms with Crippen molar-refractivity contribution in [1.82, 2.24) is 15.1 Å². The number of para-hydroxylation sites is 1. The number of fused-ring (bicyclic) bond motifs is 1. The summed E-state index contributed by atoms with van der Waals surface area (Å²) in [6.07, 6.45) is 0.259. The van der Waals surface area contributed by atoms with Gasteiger partial charge in [0.1, 0.15) is 5.54 Å². The van der Waals surface area contributed by atoms with E-state index in [2.05, 4.69) is 10.6 Å². The molecule has 2 aliphatic heterocycles. The molecule has 35 heavy (non-hydrogen) atoms. The third kappa shape index (κ3) is 4.39. The second-order valence-electron chi connectivity index (χ2n) is 9.00. The molecule has 2 aromatic rings. The highest BCUT2D eigenvalue weighted by Crippen LogP contribution is 2.45. The first-order valence-electron chi connectivity index (χ1n) is 11.6. The van der Waals surface area contributed by atoms with Crippen molar-refractivity contribution in [1.29, 1.82) is 0 Å². The number of likely N-dealkylation sites (N-methyl/N-ethyl adjacent to an activating group) is 1. The summed E-state index contributed by atoms with van der Waals surface area (Å²) in [6, 6.07) is 17.3. The number of carbonyl (C=O) groups excluding carboxylic acids is 4. The van der Waals surface area contributed by atoms with Gasteiger partial charge in [-0.1, -0.05) is 55.5 Å². The average Bonchev–Trinajstić information content (AvgIpc) is 3.34. The largest absolute Gasteiger partial charge is 0.468 e. The normalized spacial score (nSPS) is 25.3. The topological polar surface area (TPSA) is 108 Å². The number of ether oxygens (including phenoxy) is 1. The van der Waals surface area contributed by atoms with Gasteiger partial charge in [-0.15, -0.1) is 0 Å². The second-order valence-corrected chi connectivity index (χ2v) is 9.00. The molecule has 0 saturated carbocycles. The number of nitrogens with zero attached hydrogens (tertiary/aromatic N) is 2. The number of imide groups is 1. The zero-order chi connectivity index (χ0) is 25.2. The Bertz CT molecular complexity index is 1110. The SMILES string of the molecule is CC[C@@]1(C(=O)OC)N[C@H](CN(C)C(=O)Nc2ccccc2)[C@@H]2C(=O)N(Cc3ccccc3)C(=O)[C@@H]21. The van der Waals surface area contributed by atoms with Gasteiger partial charge in [0, 0.05) is 25.3 Å². The first kappa shape index (κ1) is 24.4. The van der Waals surface area contributed by atoms with Crippen molar-refractivity contribution >= 4 is 29.5 Å². The fraction of sp³-hybridized carbons (Fsp3) is 0.385. The van der Waals surface area contributed by atoms with Gasteiger partial charge in [0.2, 0.25) is 11.8 Å². The number of amides is 4. The Hall–Kier alpha value is -3.72. The van der Waals surface area contributed by atoms with Crippen LogP contribution in [-0.4, -0.2) is 65.9 Å². The molecule has 184 valence electrons. The van der Waals surface area contributed by atoms with Crippen LogP contribution in [0.1, 0.15) is 18.9 Å². The molecule has 9 nitrogen and oxygen atoms in total. The molecule has 4 atom stereocenters. The quantitative estimate of drug-likeness (QED) is 0.467.